The predicted molar refractivity (Wildman–Crippen MR) is 82.5 cm³/mol. The molecule has 3 aromatic heterocycles. The minimum absolute atomic E-state index is 0.135. The standard InChI is InChI=1S/C16H13N5O/c22-16(12-5-4-11-6-7-17-13(11)9-12)18-10-15-20-19-14-3-1-2-8-21(14)15/h1-9,17H,10H2,(H,18,22). The molecule has 4 rings (SSSR count). The van der Waals surface area contributed by atoms with Crippen molar-refractivity contribution >= 4 is 22.5 Å². The highest BCUT2D eigenvalue weighted by Crippen LogP contribution is 2.14. The Balaban J connectivity index is 1.54. The van der Waals surface area contributed by atoms with E-state index in [1.807, 2.05) is 59.3 Å². The van der Waals surface area contributed by atoms with Gasteiger partial charge in [0, 0.05) is 23.5 Å². The topological polar surface area (TPSA) is 75.1 Å². The fourth-order valence-electron chi connectivity index (χ4n) is 2.46. The van der Waals surface area contributed by atoms with E-state index in [1.165, 1.54) is 0 Å². The molecule has 0 saturated heterocycles. The average Bonchev–Trinajstić information content (AvgIpc) is 3.18. The molecule has 2 N–H and O–H groups in total. The second-order valence-corrected chi connectivity index (χ2v) is 5.01. The van der Waals surface area contributed by atoms with Gasteiger partial charge >= 0.3 is 0 Å². The van der Waals surface area contributed by atoms with E-state index >= 15 is 0 Å². The second-order valence-electron chi connectivity index (χ2n) is 5.01. The van der Waals surface area contributed by atoms with E-state index in [9.17, 15) is 4.79 Å². The molecule has 0 bridgehead atoms. The van der Waals surface area contributed by atoms with E-state index in [0.29, 0.717) is 17.9 Å². The maximum absolute atomic E-state index is 12.3. The maximum atomic E-state index is 12.3. The Labute approximate surface area is 125 Å². The SMILES string of the molecule is O=C(NCc1nnc2ccccn12)c1ccc2cc[nH]c2c1. The Bertz CT molecular complexity index is 969. The number of aromatic amines is 1. The Morgan fingerprint density at radius 3 is 3.09 bits per heavy atom. The minimum atomic E-state index is -0.135. The fourth-order valence-corrected chi connectivity index (χ4v) is 2.46. The van der Waals surface area contributed by atoms with Crippen LogP contribution < -0.4 is 5.32 Å². The van der Waals surface area contributed by atoms with Crippen molar-refractivity contribution in [1.82, 2.24) is 24.9 Å². The van der Waals surface area contributed by atoms with Gasteiger partial charge in [0.15, 0.2) is 11.5 Å². The number of hydrogen-bond donors (Lipinski definition) is 2. The molecule has 3 heterocycles. The highest BCUT2D eigenvalue weighted by atomic mass is 16.1. The number of amides is 1. The molecule has 1 amide bonds. The Hall–Kier alpha value is -3.15. The van der Waals surface area contributed by atoms with Crippen molar-refractivity contribution in [3.05, 3.63) is 66.2 Å². The molecule has 108 valence electrons. The molecule has 4 aromatic rings. The summed E-state index contributed by atoms with van der Waals surface area (Å²) >= 11 is 0. The molecular weight excluding hydrogens is 278 g/mol. The summed E-state index contributed by atoms with van der Waals surface area (Å²) < 4.78 is 1.86. The molecule has 6 nitrogen and oxygen atoms in total. The summed E-state index contributed by atoms with van der Waals surface area (Å²) in [7, 11) is 0. The van der Waals surface area contributed by atoms with E-state index in [-0.39, 0.29) is 5.91 Å². The molecule has 1 aromatic carbocycles. The maximum Gasteiger partial charge on any atom is 0.251 e. The molecule has 0 atom stereocenters. The minimum Gasteiger partial charge on any atom is -0.361 e. The van der Waals surface area contributed by atoms with Crippen LogP contribution in [0.15, 0.2) is 54.9 Å². The van der Waals surface area contributed by atoms with Crippen molar-refractivity contribution in [1.29, 1.82) is 0 Å². The van der Waals surface area contributed by atoms with Gasteiger partial charge in [0.2, 0.25) is 0 Å². The van der Waals surface area contributed by atoms with Crippen molar-refractivity contribution in [2.24, 2.45) is 0 Å². The van der Waals surface area contributed by atoms with Gasteiger partial charge in [-0.1, -0.05) is 12.1 Å². The third-order valence-corrected chi connectivity index (χ3v) is 3.61. The number of pyridine rings is 1. The lowest BCUT2D eigenvalue weighted by Gasteiger charge is -2.04. The van der Waals surface area contributed by atoms with Crippen molar-refractivity contribution < 1.29 is 4.79 Å². The van der Waals surface area contributed by atoms with Crippen LogP contribution in [0.4, 0.5) is 0 Å². The molecule has 0 fully saturated rings. The van der Waals surface area contributed by atoms with Crippen molar-refractivity contribution in [3.8, 4) is 0 Å². The smallest absolute Gasteiger partial charge is 0.251 e. The Morgan fingerprint density at radius 2 is 2.14 bits per heavy atom. The number of H-pyrrole nitrogens is 1. The number of fused-ring (bicyclic) bond motifs is 2. The van der Waals surface area contributed by atoms with Crippen LogP contribution in [-0.4, -0.2) is 25.5 Å². The van der Waals surface area contributed by atoms with Crippen LogP contribution in [0.1, 0.15) is 16.2 Å². The number of carbonyl (C=O) groups is 1. The lowest BCUT2D eigenvalue weighted by atomic mass is 10.1. The summed E-state index contributed by atoms with van der Waals surface area (Å²) in [6.07, 6.45) is 3.73. The van der Waals surface area contributed by atoms with E-state index in [4.69, 9.17) is 0 Å². The summed E-state index contributed by atoms with van der Waals surface area (Å²) in [4.78, 5) is 15.4. The number of benzene rings is 1. The van der Waals surface area contributed by atoms with Crippen LogP contribution in [0, 0.1) is 0 Å². The molecule has 0 aliphatic rings. The monoisotopic (exact) mass is 291 g/mol. The van der Waals surface area contributed by atoms with Crippen molar-refractivity contribution in [3.63, 3.8) is 0 Å². The third kappa shape index (κ3) is 2.10. The van der Waals surface area contributed by atoms with E-state index < -0.39 is 0 Å². The van der Waals surface area contributed by atoms with Gasteiger partial charge in [-0.2, -0.15) is 0 Å². The van der Waals surface area contributed by atoms with Gasteiger partial charge in [0.05, 0.1) is 6.54 Å². The quantitative estimate of drug-likeness (QED) is 0.607. The first-order valence-corrected chi connectivity index (χ1v) is 6.95. The van der Waals surface area contributed by atoms with E-state index in [1.54, 1.807) is 0 Å². The predicted octanol–water partition coefficient (Wildman–Crippen LogP) is 2.14. The zero-order valence-electron chi connectivity index (χ0n) is 11.7. The number of nitrogens with zero attached hydrogens (tertiary/aromatic N) is 3. The van der Waals surface area contributed by atoms with Crippen LogP contribution in [0.2, 0.25) is 0 Å². The summed E-state index contributed by atoms with van der Waals surface area (Å²) in [6, 6.07) is 13.2. The largest absolute Gasteiger partial charge is 0.361 e. The molecule has 0 saturated carbocycles. The van der Waals surface area contributed by atoms with Crippen LogP contribution >= 0.6 is 0 Å². The molecule has 6 heteroatoms. The summed E-state index contributed by atoms with van der Waals surface area (Å²) in [5, 5.41) is 12.1. The lowest BCUT2D eigenvalue weighted by molar-refractivity contribution is 0.0950. The molecule has 0 aliphatic heterocycles. The second kappa shape index (κ2) is 5.00. The zero-order chi connectivity index (χ0) is 14.9. The normalized spacial score (nSPS) is 11.1. The molecule has 0 radical (unpaired) electrons. The van der Waals surface area contributed by atoms with Crippen LogP contribution in [-0.2, 0) is 6.54 Å². The van der Waals surface area contributed by atoms with Crippen LogP contribution in [0.3, 0.4) is 0 Å². The van der Waals surface area contributed by atoms with Gasteiger partial charge in [0.1, 0.15) is 0 Å². The first-order valence-electron chi connectivity index (χ1n) is 6.95. The van der Waals surface area contributed by atoms with Gasteiger partial charge in [-0.15, -0.1) is 10.2 Å². The molecule has 0 spiro atoms. The number of hydrogen-bond acceptors (Lipinski definition) is 3. The number of carbonyl (C=O) groups excluding carboxylic acids is 1. The Morgan fingerprint density at radius 1 is 1.18 bits per heavy atom. The molecule has 22 heavy (non-hydrogen) atoms. The summed E-state index contributed by atoms with van der Waals surface area (Å²) in [5.74, 6) is 0.564. The molecule has 0 unspecified atom stereocenters. The number of rotatable bonds is 3. The van der Waals surface area contributed by atoms with Gasteiger partial charge in [-0.3, -0.25) is 9.20 Å². The Kier molecular flexibility index (Phi) is 2.86. The van der Waals surface area contributed by atoms with Gasteiger partial charge < -0.3 is 10.3 Å². The highest BCUT2D eigenvalue weighted by Gasteiger charge is 2.09. The van der Waals surface area contributed by atoms with Crippen LogP contribution in [0.25, 0.3) is 16.6 Å². The zero-order valence-corrected chi connectivity index (χ0v) is 11.7. The average molecular weight is 291 g/mol. The number of aromatic nitrogens is 4. The van der Waals surface area contributed by atoms with Gasteiger partial charge in [-0.25, -0.2) is 0 Å². The van der Waals surface area contributed by atoms with Crippen molar-refractivity contribution in [2.75, 3.05) is 0 Å². The van der Waals surface area contributed by atoms with Crippen LogP contribution in [0.5, 0.6) is 0 Å². The molecule has 0 aliphatic carbocycles. The third-order valence-electron chi connectivity index (χ3n) is 3.61. The first-order chi connectivity index (χ1) is 10.8. The van der Waals surface area contributed by atoms with Gasteiger partial charge in [0.25, 0.3) is 5.91 Å². The highest BCUT2D eigenvalue weighted by molar-refractivity contribution is 5.97. The summed E-state index contributed by atoms with van der Waals surface area (Å²) in [5.41, 5.74) is 2.32. The van der Waals surface area contributed by atoms with E-state index in [0.717, 1.165) is 16.6 Å². The summed E-state index contributed by atoms with van der Waals surface area (Å²) in [6.45, 7) is 0.326. The lowest BCUT2D eigenvalue weighted by Crippen LogP contribution is -2.23. The molecular formula is C16H13N5O. The first kappa shape index (κ1) is 12.6. The fraction of sp³-hybridized carbons (Fsp3) is 0.0625. The van der Waals surface area contributed by atoms with Crippen molar-refractivity contribution in [2.45, 2.75) is 6.54 Å². The van der Waals surface area contributed by atoms with Gasteiger partial charge in [-0.05, 0) is 35.7 Å². The number of nitrogens with one attached hydrogen (secondary N) is 2. The van der Waals surface area contributed by atoms with E-state index in [2.05, 4.69) is 20.5 Å².